The van der Waals surface area contributed by atoms with Gasteiger partial charge in [0, 0.05) is 33.8 Å². The molecule has 1 aliphatic heterocycles. The highest BCUT2D eigenvalue weighted by Gasteiger charge is 2.25. The van der Waals surface area contributed by atoms with E-state index < -0.39 is 10.0 Å². The number of halogens is 2. The van der Waals surface area contributed by atoms with Gasteiger partial charge >= 0.3 is 0 Å². The molecule has 1 saturated heterocycles. The lowest BCUT2D eigenvalue weighted by molar-refractivity contribution is -0.121. The molecule has 0 atom stereocenters. The number of nitrogens with one attached hydrogen (secondary N) is 1. The first-order valence-corrected chi connectivity index (χ1v) is 11.1. The summed E-state index contributed by atoms with van der Waals surface area (Å²) in [5.74, 6) is -0.172. The van der Waals surface area contributed by atoms with E-state index in [2.05, 4.69) is 10.2 Å². The molecule has 0 aliphatic carbocycles. The minimum absolute atomic E-state index is 0.0111. The van der Waals surface area contributed by atoms with Gasteiger partial charge in [0.25, 0.3) is 0 Å². The van der Waals surface area contributed by atoms with E-state index in [1.54, 1.807) is 0 Å². The summed E-state index contributed by atoms with van der Waals surface area (Å²) >= 11 is 12.5. The Morgan fingerprint density at radius 1 is 1.07 bits per heavy atom. The first-order chi connectivity index (χ1) is 13.2. The molecule has 2 aromatic carbocycles. The highest BCUT2D eigenvalue weighted by atomic mass is 35.5. The third-order valence-corrected chi connectivity index (χ3v) is 6.49. The number of carbonyl (C=O) groups excluding carboxylic acids is 1. The van der Waals surface area contributed by atoms with Crippen LogP contribution in [-0.4, -0.2) is 32.3 Å². The second-order valence-electron chi connectivity index (χ2n) is 6.81. The lowest BCUT2D eigenvalue weighted by atomic mass is 9.95. The molecule has 1 heterocycles. The van der Waals surface area contributed by atoms with Crippen molar-refractivity contribution in [3.05, 3.63) is 58.1 Å². The maximum Gasteiger partial charge on any atom is 0.238 e. The summed E-state index contributed by atoms with van der Waals surface area (Å²) in [7, 11) is -3.74. The van der Waals surface area contributed by atoms with E-state index >= 15 is 0 Å². The van der Waals surface area contributed by atoms with Crippen LogP contribution in [0.1, 0.15) is 18.4 Å². The summed E-state index contributed by atoms with van der Waals surface area (Å²) in [6.07, 6.45) is 1.45. The monoisotopic (exact) mass is 441 g/mol. The maximum absolute atomic E-state index is 12.5. The number of rotatable bonds is 5. The predicted molar refractivity (Wildman–Crippen MR) is 111 cm³/mol. The van der Waals surface area contributed by atoms with Gasteiger partial charge in [-0.2, -0.15) is 0 Å². The van der Waals surface area contributed by atoms with Crippen molar-refractivity contribution in [2.45, 2.75) is 24.3 Å². The van der Waals surface area contributed by atoms with Gasteiger partial charge in [-0.25, -0.2) is 13.6 Å². The van der Waals surface area contributed by atoms with Crippen LogP contribution in [0.15, 0.2) is 47.4 Å². The van der Waals surface area contributed by atoms with Crippen LogP contribution >= 0.6 is 23.2 Å². The summed E-state index contributed by atoms with van der Waals surface area (Å²) in [6, 6.07) is 11.3. The number of benzene rings is 2. The van der Waals surface area contributed by atoms with E-state index in [-0.39, 0.29) is 16.7 Å². The number of anilines is 1. The summed E-state index contributed by atoms with van der Waals surface area (Å²) in [6.45, 7) is 2.19. The molecular weight excluding hydrogens is 421 g/mol. The van der Waals surface area contributed by atoms with Crippen molar-refractivity contribution < 1.29 is 13.2 Å². The zero-order valence-corrected chi connectivity index (χ0v) is 17.4. The maximum atomic E-state index is 12.5. The van der Waals surface area contributed by atoms with Crippen molar-refractivity contribution in [1.82, 2.24) is 4.90 Å². The number of primary sulfonamides is 1. The topological polar surface area (TPSA) is 92.5 Å². The van der Waals surface area contributed by atoms with Gasteiger partial charge < -0.3 is 5.32 Å². The van der Waals surface area contributed by atoms with Gasteiger partial charge in [0.2, 0.25) is 15.9 Å². The molecule has 0 unspecified atom stereocenters. The second-order valence-corrected chi connectivity index (χ2v) is 9.19. The van der Waals surface area contributed by atoms with Crippen LogP contribution in [0.5, 0.6) is 0 Å². The van der Waals surface area contributed by atoms with E-state index in [0.29, 0.717) is 22.3 Å². The van der Waals surface area contributed by atoms with E-state index in [1.807, 2.05) is 18.2 Å². The van der Waals surface area contributed by atoms with Crippen molar-refractivity contribution in [2.75, 3.05) is 18.4 Å². The minimum Gasteiger partial charge on any atom is -0.326 e. The van der Waals surface area contributed by atoms with Gasteiger partial charge in [0.15, 0.2) is 0 Å². The molecule has 2 aromatic rings. The zero-order chi connectivity index (χ0) is 20.3. The molecule has 0 bridgehead atoms. The molecule has 0 radical (unpaired) electrons. The van der Waals surface area contributed by atoms with E-state index in [0.717, 1.165) is 31.5 Å². The quantitative estimate of drug-likeness (QED) is 0.742. The van der Waals surface area contributed by atoms with Crippen molar-refractivity contribution in [2.24, 2.45) is 11.1 Å². The Morgan fingerprint density at radius 3 is 2.18 bits per heavy atom. The Balaban J connectivity index is 1.54. The lowest BCUT2D eigenvalue weighted by Crippen LogP contribution is -2.37. The molecule has 3 rings (SSSR count). The molecule has 0 saturated carbocycles. The molecule has 1 fully saturated rings. The number of piperidine rings is 1. The van der Waals surface area contributed by atoms with Crippen LogP contribution < -0.4 is 10.5 Å². The fourth-order valence-electron chi connectivity index (χ4n) is 3.23. The fraction of sp³-hybridized carbons (Fsp3) is 0.316. The second kappa shape index (κ2) is 8.80. The molecular formula is C19H21Cl2N3O3S. The first kappa shape index (κ1) is 21.1. The number of likely N-dealkylation sites (tertiary alicyclic amines) is 1. The Kier molecular flexibility index (Phi) is 6.62. The zero-order valence-electron chi connectivity index (χ0n) is 15.1. The van der Waals surface area contributed by atoms with Crippen molar-refractivity contribution in [1.29, 1.82) is 0 Å². The van der Waals surface area contributed by atoms with Gasteiger partial charge in [0.05, 0.1) is 4.90 Å². The molecule has 9 heteroatoms. The number of sulfonamides is 1. The van der Waals surface area contributed by atoms with E-state index in [9.17, 15) is 13.2 Å². The van der Waals surface area contributed by atoms with Crippen LogP contribution in [0, 0.1) is 5.92 Å². The Labute approximate surface area is 174 Å². The number of nitrogens with zero attached hydrogens (tertiary/aromatic N) is 1. The molecule has 0 spiro atoms. The van der Waals surface area contributed by atoms with Crippen molar-refractivity contribution >= 4 is 44.8 Å². The third-order valence-electron chi connectivity index (χ3n) is 4.85. The average Bonchev–Trinajstić information content (AvgIpc) is 2.65. The van der Waals surface area contributed by atoms with Crippen LogP contribution in [0.25, 0.3) is 0 Å². The van der Waals surface area contributed by atoms with Crippen LogP contribution in [0.3, 0.4) is 0 Å². The summed E-state index contributed by atoms with van der Waals surface area (Å²) in [4.78, 5) is 14.8. The van der Waals surface area contributed by atoms with Crippen LogP contribution in [0.2, 0.25) is 10.0 Å². The molecule has 1 aliphatic rings. The van der Waals surface area contributed by atoms with Crippen molar-refractivity contribution in [3.8, 4) is 0 Å². The Hall–Kier alpha value is -1.64. The molecule has 28 heavy (non-hydrogen) atoms. The third kappa shape index (κ3) is 5.24. The van der Waals surface area contributed by atoms with Gasteiger partial charge in [-0.3, -0.25) is 9.69 Å². The lowest BCUT2D eigenvalue weighted by Gasteiger charge is -2.31. The molecule has 3 N–H and O–H groups in total. The normalized spacial score (nSPS) is 16.1. The molecule has 6 nitrogen and oxygen atoms in total. The summed E-state index contributed by atoms with van der Waals surface area (Å²) in [5.41, 5.74) is 1.45. The molecule has 0 aromatic heterocycles. The number of nitrogens with two attached hydrogens (primary N) is 1. The highest BCUT2D eigenvalue weighted by Crippen LogP contribution is 2.28. The van der Waals surface area contributed by atoms with Gasteiger partial charge in [-0.1, -0.05) is 29.3 Å². The highest BCUT2D eigenvalue weighted by molar-refractivity contribution is 7.89. The molecule has 1 amide bonds. The smallest absolute Gasteiger partial charge is 0.238 e. The van der Waals surface area contributed by atoms with E-state index in [1.165, 1.54) is 24.3 Å². The largest absolute Gasteiger partial charge is 0.326 e. The van der Waals surface area contributed by atoms with Crippen molar-refractivity contribution in [3.63, 3.8) is 0 Å². The van der Waals surface area contributed by atoms with Gasteiger partial charge in [-0.15, -0.1) is 0 Å². The summed E-state index contributed by atoms with van der Waals surface area (Å²) < 4.78 is 22.6. The van der Waals surface area contributed by atoms with Gasteiger partial charge in [0.1, 0.15) is 0 Å². The van der Waals surface area contributed by atoms with Gasteiger partial charge in [-0.05, 0) is 62.3 Å². The Bertz CT molecular complexity index is 937. The number of hydrogen-bond acceptors (Lipinski definition) is 4. The Morgan fingerprint density at radius 2 is 1.64 bits per heavy atom. The number of amides is 1. The number of hydrogen-bond donors (Lipinski definition) is 2. The SMILES string of the molecule is NS(=O)(=O)c1ccc(NC(=O)C2CCN(Cc3c(Cl)cccc3Cl)CC2)cc1. The van der Waals surface area contributed by atoms with Crippen LogP contribution in [0.4, 0.5) is 5.69 Å². The number of carbonyl (C=O) groups is 1. The summed E-state index contributed by atoms with van der Waals surface area (Å²) in [5, 5.41) is 9.21. The average molecular weight is 442 g/mol. The van der Waals surface area contributed by atoms with E-state index in [4.69, 9.17) is 28.3 Å². The predicted octanol–water partition coefficient (Wildman–Crippen LogP) is 3.49. The van der Waals surface area contributed by atoms with Crippen LogP contribution in [-0.2, 0) is 21.4 Å². The fourth-order valence-corrected chi connectivity index (χ4v) is 4.26. The minimum atomic E-state index is -3.74. The first-order valence-electron chi connectivity index (χ1n) is 8.83. The standard InChI is InChI=1S/C19H21Cl2N3O3S/c20-17-2-1-3-18(21)16(17)12-24-10-8-13(9-11-24)19(25)23-14-4-6-15(7-5-14)28(22,26)27/h1-7,13H,8-12H2,(H,23,25)(H2,22,26,27). The molecule has 150 valence electrons.